The Balaban J connectivity index is 2.61. The zero-order valence-electron chi connectivity index (χ0n) is 13.4. The fraction of sp³-hybridized carbons (Fsp3) is 0.588. The first-order valence-corrected chi connectivity index (χ1v) is 8.48. The average Bonchev–Trinajstić information content (AvgIpc) is 2.44. The lowest BCUT2D eigenvalue weighted by Gasteiger charge is -2.19. The van der Waals surface area contributed by atoms with Crippen molar-refractivity contribution < 1.29 is 9.53 Å². The van der Waals surface area contributed by atoms with Crippen LogP contribution < -0.4 is 10.1 Å². The predicted molar refractivity (Wildman–Crippen MR) is 90.9 cm³/mol. The van der Waals surface area contributed by atoms with Crippen molar-refractivity contribution >= 4 is 21.8 Å². The Morgan fingerprint density at radius 2 is 2.00 bits per heavy atom. The normalized spacial score (nSPS) is 12.3. The van der Waals surface area contributed by atoms with Crippen LogP contribution in [0.5, 0.6) is 5.75 Å². The molecule has 21 heavy (non-hydrogen) atoms. The summed E-state index contributed by atoms with van der Waals surface area (Å²) in [5.74, 6) is 1.07. The van der Waals surface area contributed by atoms with Gasteiger partial charge in [0.15, 0.2) is 6.10 Å². The van der Waals surface area contributed by atoms with Gasteiger partial charge in [0.1, 0.15) is 5.75 Å². The minimum Gasteiger partial charge on any atom is -0.481 e. The molecule has 1 aromatic rings. The van der Waals surface area contributed by atoms with Gasteiger partial charge in [0.05, 0.1) is 0 Å². The second kappa shape index (κ2) is 9.08. The predicted octanol–water partition coefficient (Wildman–Crippen LogP) is 4.65. The summed E-state index contributed by atoms with van der Waals surface area (Å²) in [6.07, 6.45) is 2.83. The summed E-state index contributed by atoms with van der Waals surface area (Å²) in [4.78, 5) is 12.0. The molecular formula is C17H26BrNO2. The second-order valence-electron chi connectivity index (χ2n) is 5.60. The average molecular weight is 356 g/mol. The SMILES string of the molecule is CCCCCNC(=O)C(C)Oc1ccc(Br)cc1C(C)C. The number of carbonyl (C=O) groups excluding carboxylic acids is 1. The van der Waals surface area contributed by atoms with Crippen LogP contribution in [0.2, 0.25) is 0 Å². The molecule has 1 atom stereocenters. The third-order valence-corrected chi connectivity index (χ3v) is 3.84. The molecule has 1 amide bonds. The van der Waals surface area contributed by atoms with Gasteiger partial charge in [0, 0.05) is 11.0 Å². The highest BCUT2D eigenvalue weighted by Crippen LogP contribution is 2.30. The number of hydrogen-bond acceptors (Lipinski definition) is 2. The van der Waals surface area contributed by atoms with Gasteiger partial charge < -0.3 is 10.1 Å². The summed E-state index contributed by atoms with van der Waals surface area (Å²) in [5, 5.41) is 2.92. The quantitative estimate of drug-likeness (QED) is 0.689. The van der Waals surface area contributed by atoms with Crippen LogP contribution in [0.4, 0.5) is 0 Å². The van der Waals surface area contributed by atoms with E-state index in [-0.39, 0.29) is 5.91 Å². The summed E-state index contributed by atoms with van der Waals surface area (Å²) in [5.41, 5.74) is 1.11. The van der Waals surface area contributed by atoms with Crippen molar-refractivity contribution in [1.82, 2.24) is 5.32 Å². The lowest BCUT2D eigenvalue weighted by molar-refractivity contribution is -0.127. The van der Waals surface area contributed by atoms with E-state index >= 15 is 0 Å². The van der Waals surface area contributed by atoms with E-state index in [9.17, 15) is 4.79 Å². The molecule has 1 N–H and O–H groups in total. The molecule has 1 rings (SSSR count). The monoisotopic (exact) mass is 355 g/mol. The largest absolute Gasteiger partial charge is 0.481 e. The number of ether oxygens (including phenoxy) is 1. The number of rotatable bonds is 8. The standard InChI is InChI=1S/C17H26BrNO2/c1-5-6-7-10-19-17(20)13(4)21-16-9-8-14(18)11-15(16)12(2)3/h8-9,11-13H,5-7,10H2,1-4H3,(H,19,20). The van der Waals surface area contributed by atoms with Crippen molar-refractivity contribution in [3.05, 3.63) is 28.2 Å². The Morgan fingerprint density at radius 1 is 1.29 bits per heavy atom. The van der Waals surface area contributed by atoms with Crippen molar-refractivity contribution in [2.75, 3.05) is 6.54 Å². The van der Waals surface area contributed by atoms with E-state index in [1.807, 2.05) is 18.2 Å². The zero-order valence-corrected chi connectivity index (χ0v) is 15.0. The Morgan fingerprint density at radius 3 is 2.62 bits per heavy atom. The number of unbranched alkanes of at least 4 members (excludes halogenated alkanes) is 2. The Bertz CT molecular complexity index is 460. The van der Waals surface area contributed by atoms with Gasteiger partial charge >= 0.3 is 0 Å². The van der Waals surface area contributed by atoms with Gasteiger partial charge in [0.25, 0.3) is 5.91 Å². The van der Waals surface area contributed by atoms with E-state index in [0.29, 0.717) is 5.92 Å². The molecule has 0 saturated heterocycles. The van der Waals surface area contributed by atoms with Crippen LogP contribution in [0.25, 0.3) is 0 Å². The highest BCUT2D eigenvalue weighted by Gasteiger charge is 2.17. The van der Waals surface area contributed by atoms with Crippen LogP contribution in [0.1, 0.15) is 58.4 Å². The van der Waals surface area contributed by atoms with Gasteiger partial charge in [-0.1, -0.05) is 49.5 Å². The second-order valence-corrected chi connectivity index (χ2v) is 6.51. The minimum absolute atomic E-state index is 0.0521. The van der Waals surface area contributed by atoms with Gasteiger partial charge in [-0.15, -0.1) is 0 Å². The fourth-order valence-electron chi connectivity index (χ4n) is 2.05. The van der Waals surface area contributed by atoms with Crippen molar-refractivity contribution in [3.63, 3.8) is 0 Å². The minimum atomic E-state index is -0.481. The van der Waals surface area contributed by atoms with Crippen molar-refractivity contribution in [1.29, 1.82) is 0 Å². The number of amides is 1. The molecule has 0 heterocycles. The van der Waals surface area contributed by atoms with E-state index in [1.54, 1.807) is 6.92 Å². The van der Waals surface area contributed by atoms with Crippen LogP contribution in [0.3, 0.4) is 0 Å². The molecule has 118 valence electrons. The maximum Gasteiger partial charge on any atom is 0.260 e. The molecular weight excluding hydrogens is 330 g/mol. The first-order chi connectivity index (χ1) is 9.95. The molecule has 0 aliphatic carbocycles. The lowest BCUT2D eigenvalue weighted by atomic mass is 10.0. The molecule has 0 spiro atoms. The first-order valence-electron chi connectivity index (χ1n) is 7.69. The Kier molecular flexibility index (Phi) is 7.79. The third-order valence-electron chi connectivity index (χ3n) is 3.35. The van der Waals surface area contributed by atoms with Crippen LogP contribution >= 0.6 is 15.9 Å². The summed E-state index contributed by atoms with van der Waals surface area (Å²) in [6.45, 7) is 8.89. The topological polar surface area (TPSA) is 38.3 Å². The van der Waals surface area contributed by atoms with Crippen molar-refractivity contribution in [3.8, 4) is 5.75 Å². The smallest absolute Gasteiger partial charge is 0.260 e. The summed E-state index contributed by atoms with van der Waals surface area (Å²) >= 11 is 3.47. The van der Waals surface area contributed by atoms with Crippen molar-refractivity contribution in [2.45, 2.75) is 59.0 Å². The third kappa shape index (κ3) is 6.08. The lowest BCUT2D eigenvalue weighted by Crippen LogP contribution is -2.37. The number of hydrogen-bond donors (Lipinski definition) is 1. The van der Waals surface area contributed by atoms with E-state index in [0.717, 1.165) is 41.6 Å². The highest BCUT2D eigenvalue weighted by atomic mass is 79.9. The van der Waals surface area contributed by atoms with Crippen LogP contribution in [0, 0.1) is 0 Å². The van der Waals surface area contributed by atoms with Crippen LogP contribution in [0.15, 0.2) is 22.7 Å². The zero-order chi connectivity index (χ0) is 15.8. The molecule has 0 aromatic heterocycles. The molecule has 0 fully saturated rings. The molecule has 0 aliphatic rings. The van der Waals surface area contributed by atoms with Gasteiger partial charge in [-0.25, -0.2) is 0 Å². The van der Waals surface area contributed by atoms with Gasteiger partial charge in [-0.2, -0.15) is 0 Å². The summed E-state index contributed by atoms with van der Waals surface area (Å²) in [7, 11) is 0. The first kappa shape index (κ1) is 18.0. The van der Waals surface area contributed by atoms with E-state index < -0.39 is 6.10 Å². The molecule has 0 saturated carbocycles. The van der Waals surface area contributed by atoms with Gasteiger partial charge in [-0.05, 0) is 43.0 Å². The van der Waals surface area contributed by atoms with Crippen LogP contribution in [-0.2, 0) is 4.79 Å². The van der Waals surface area contributed by atoms with E-state index in [2.05, 4.69) is 42.0 Å². The molecule has 4 heteroatoms. The van der Waals surface area contributed by atoms with Gasteiger partial charge in [0.2, 0.25) is 0 Å². The van der Waals surface area contributed by atoms with E-state index in [1.165, 1.54) is 0 Å². The fourth-order valence-corrected chi connectivity index (χ4v) is 2.43. The molecule has 3 nitrogen and oxygen atoms in total. The van der Waals surface area contributed by atoms with Gasteiger partial charge in [-0.3, -0.25) is 4.79 Å². The number of benzene rings is 1. The Labute approximate surface area is 136 Å². The molecule has 1 unspecified atom stereocenters. The number of nitrogens with one attached hydrogen (secondary N) is 1. The number of halogens is 1. The van der Waals surface area contributed by atoms with Crippen LogP contribution in [-0.4, -0.2) is 18.6 Å². The summed E-state index contributed by atoms with van der Waals surface area (Å²) < 4.78 is 6.87. The van der Waals surface area contributed by atoms with E-state index in [4.69, 9.17) is 4.74 Å². The Hall–Kier alpha value is -1.03. The maximum absolute atomic E-state index is 12.0. The maximum atomic E-state index is 12.0. The molecule has 1 aromatic carbocycles. The summed E-state index contributed by atoms with van der Waals surface area (Å²) in [6, 6.07) is 5.90. The molecule has 0 radical (unpaired) electrons. The van der Waals surface area contributed by atoms with Crippen molar-refractivity contribution in [2.24, 2.45) is 0 Å². The highest BCUT2D eigenvalue weighted by molar-refractivity contribution is 9.10. The number of carbonyl (C=O) groups is 1. The molecule has 0 bridgehead atoms. The molecule has 0 aliphatic heterocycles.